The molecule has 0 saturated heterocycles. The molecular weight excluding hydrogens is 339 g/mol. The molecule has 1 heterocycles. The standard InChI is InChI=1S/C19H23FN2O4/c1-12-9-13(5-6-16(12)26-4)14-10-17(23)22(11-15(14)20)8-7-19(2,3)18(24)21-25/h5-6,9-11,25H,7-8H2,1-4H3,(H,21,24). The number of aromatic nitrogens is 1. The lowest BCUT2D eigenvalue weighted by molar-refractivity contribution is -0.138. The lowest BCUT2D eigenvalue weighted by atomic mass is 9.88. The zero-order chi connectivity index (χ0) is 19.5. The number of carbonyl (C=O) groups is 1. The van der Waals surface area contributed by atoms with Gasteiger partial charge in [-0.3, -0.25) is 14.8 Å². The number of carbonyl (C=O) groups excluding carboxylic acids is 1. The number of nitrogens with zero attached hydrogens (tertiary/aromatic N) is 1. The molecule has 2 N–H and O–H groups in total. The van der Waals surface area contributed by atoms with Crippen LogP contribution in [0.25, 0.3) is 11.1 Å². The smallest absolute Gasteiger partial charge is 0.251 e. The zero-order valence-corrected chi connectivity index (χ0v) is 15.3. The van der Waals surface area contributed by atoms with Crippen molar-refractivity contribution >= 4 is 5.91 Å². The van der Waals surface area contributed by atoms with Crippen molar-refractivity contribution in [2.45, 2.75) is 33.7 Å². The van der Waals surface area contributed by atoms with Crippen molar-refractivity contribution in [2.24, 2.45) is 5.41 Å². The quantitative estimate of drug-likeness (QED) is 0.612. The van der Waals surface area contributed by atoms with Gasteiger partial charge in [-0.1, -0.05) is 19.9 Å². The molecule has 2 rings (SSSR count). The fourth-order valence-corrected chi connectivity index (χ4v) is 2.65. The van der Waals surface area contributed by atoms with Crippen molar-refractivity contribution in [2.75, 3.05) is 7.11 Å². The summed E-state index contributed by atoms with van der Waals surface area (Å²) in [6, 6.07) is 6.43. The lowest BCUT2D eigenvalue weighted by Crippen LogP contribution is -2.36. The summed E-state index contributed by atoms with van der Waals surface area (Å²) >= 11 is 0. The first-order chi connectivity index (χ1) is 12.2. The van der Waals surface area contributed by atoms with Crippen molar-refractivity contribution in [1.29, 1.82) is 0 Å². The van der Waals surface area contributed by atoms with E-state index in [1.165, 1.54) is 10.6 Å². The highest BCUT2D eigenvalue weighted by Gasteiger charge is 2.27. The predicted octanol–water partition coefficient (Wildman–Crippen LogP) is 2.89. The van der Waals surface area contributed by atoms with Crippen LogP contribution in [0, 0.1) is 18.2 Å². The fraction of sp³-hybridized carbons (Fsp3) is 0.368. The van der Waals surface area contributed by atoms with Crippen molar-refractivity contribution < 1.29 is 19.1 Å². The molecule has 2 aromatic rings. The van der Waals surface area contributed by atoms with Gasteiger partial charge >= 0.3 is 0 Å². The van der Waals surface area contributed by atoms with E-state index < -0.39 is 17.1 Å². The van der Waals surface area contributed by atoms with Crippen molar-refractivity contribution in [3.63, 3.8) is 0 Å². The highest BCUT2D eigenvalue weighted by Crippen LogP contribution is 2.27. The number of hydrogen-bond acceptors (Lipinski definition) is 4. The average Bonchev–Trinajstić information content (AvgIpc) is 2.61. The second-order valence-corrected chi connectivity index (χ2v) is 6.83. The molecule has 0 aliphatic heterocycles. The van der Waals surface area contributed by atoms with E-state index in [4.69, 9.17) is 9.94 Å². The van der Waals surface area contributed by atoms with Crippen molar-refractivity contribution in [3.05, 3.63) is 52.2 Å². The van der Waals surface area contributed by atoms with Gasteiger partial charge in [0, 0.05) is 29.8 Å². The number of benzene rings is 1. The number of hydrogen-bond donors (Lipinski definition) is 2. The maximum absolute atomic E-state index is 14.6. The molecule has 1 aromatic carbocycles. The molecule has 1 amide bonds. The molecular formula is C19H23FN2O4. The zero-order valence-electron chi connectivity index (χ0n) is 15.3. The summed E-state index contributed by atoms with van der Waals surface area (Å²) in [6.45, 7) is 5.26. The third kappa shape index (κ3) is 4.11. The Bertz CT molecular complexity index is 874. The minimum absolute atomic E-state index is 0.151. The maximum Gasteiger partial charge on any atom is 0.251 e. The molecule has 0 bridgehead atoms. The summed E-state index contributed by atoms with van der Waals surface area (Å²) < 4.78 is 21.0. The number of nitrogens with one attached hydrogen (secondary N) is 1. The summed E-state index contributed by atoms with van der Waals surface area (Å²) in [5, 5.41) is 8.75. The molecule has 0 unspecified atom stereocenters. The summed E-state index contributed by atoms with van der Waals surface area (Å²) in [6.07, 6.45) is 1.41. The van der Waals surface area contributed by atoms with Crippen LogP contribution < -0.4 is 15.8 Å². The molecule has 0 aliphatic carbocycles. The summed E-state index contributed by atoms with van der Waals surface area (Å²) in [4.78, 5) is 23.9. The Morgan fingerprint density at radius 1 is 1.35 bits per heavy atom. The van der Waals surface area contributed by atoms with E-state index in [1.54, 1.807) is 44.6 Å². The molecule has 0 radical (unpaired) electrons. The van der Waals surface area contributed by atoms with E-state index in [-0.39, 0.29) is 24.1 Å². The Morgan fingerprint density at radius 3 is 2.62 bits per heavy atom. The molecule has 0 atom stereocenters. The third-order valence-corrected chi connectivity index (χ3v) is 4.48. The number of ether oxygens (including phenoxy) is 1. The van der Waals surface area contributed by atoms with Gasteiger partial charge in [-0.2, -0.15) is 0 Å². The number of aryl methyl sites for hydroxylation is 2. The SMILES string of the molecule is COc1ccc(-c2cc(=O)n(CCC(C)(C)C(=O)NO)cc2F)cc1C. The first-order valence-electron chi connectivity index (χ1n) is 8.19. The summed E-state index contributed by atoms with van der Waals surface area (Å²) in [5.41, 5.74) is 1.98. The Hall–Kier alpha value is -2.67. The molecule has 140 valence electrons. The van der Waals surface area contributed by atoms with Crippen LogP contribution in [0.4, 0.5) is 4.39 Å². The van der Waals surface area contributed by atoms with Crippen LogP contribution in [-0.2, 0) is 11.3 Å². The summed E-state index contributed by atoms with van der Waals surface area (Å²) in [5.74, 6) is -0.401. The lowest BCUT2D eigenvalue weighted by Gasteiger charge is -2.22. The number of halogens is 1. The predicted molar refractivity (Wildman–Crippen MR) is 95.7 cm³/mol. The Labute approximate surface area is 151 Å². The first-order valence-corrected chi connectivity index (χ1v) is 8.19. The van der Waals surface area contributed by atoms with Gasteiger partial charge in [0.05, 0.1) is 7.11 Å². The number of pyridine rings is 1. The van der Waals surface area contributed by atoms with Crippen molar-refractivity contribution in [3.8, 4) is 16.9 Å². The highest BCUT2D eigenvalue weighted by molar-refractivity contribution is 5.80. The summed E-state index contributed by atoms with van der Waals surface area (Å²) in [7, 11) is 1.56. The van der Waals surface area contributed by atoms with Crippen LogP contribution in [0.1, 0.15) is 25.8 Å². The Morgan fingerprint density at radius 2 is 2.04 bits per heavy atom. The second kappa shape index (κ2) is 7.70. The van der Waals surface area contributed by atoms with Crippen LogP contribution in [0.5, 0.6) is 5.75 Å². The van der Waals surface area contributed by atoms with Crippen LogP contribution in [0.15, 0.2) is 35.3 Å². The van der Waals surface area contributed by atoms with E-state index >= 15 is 0 Å². The van der Waals surface area contributed by atoms with Gasteiger partial charge in [0.25, 0.3) is 5.56 Å². The number of rotatable bonds is 6. The van der Waals surface area contributed by atoms with Crippen LogP contribution in [0.2, 0.25) is 0 Å². The highest BCUT2D eigenvalue weighted by atomic mass is 19.1. The Kier molecular flexibility index (Phi) is 5.82. The average molecular weight is 362 g/mol. The molecule has 26 heavy (non-hydrogen) atoms. The van der Waals surface area contributed by atoms with E-state index in [0.29, 0.717) is 11.3 Å². The first kappa shape index (κ1) is 19.7. The molecule has 0 aliphatic rings. The fourth-order valence-electron chi connectivity index (χ4n) is 2.65. The van der Waals surface area contributed by atoms with E-state index in [9.17, 15) is 14.0 Å². The van der Waals surface area contributed by atoms with Crippen LogP contribution >= 0.6 is 0 Å². The van der Waals surface area contributed by atoms with E-state index in [0.717, 1.165) is 11.8 Å². The minimum atomic E-state index is -0.892. The second-order valence-electron chi connectivity index (χ2n) is 6.83. The van der Waals surface area contributed by atoms with Gasteiger partial charge in [-0.15, -0.1) is 0 Å². The molecule has 6 nitrogen and oxygen atoms in total. The van der Waals surface area contributed by atoms with Crippen molar-refractivity contribution in [1.82, 2.24) is 10.0 Å². The van der Waals surface area contributed by atoms with Gasteiger partial charge < -0.3 is 9.30 Å². The molecule has 1 aromatic heterocycles. The monoisotopic (exact) mass is 362 g/mol. The normalized spacial score (nSPS) is 11.3. The number of hydroxylamine groups is 1. The largest absolute Gasteiger partial charge is 0.496 e. The van der Waals surface area contributed by atoms with Gasteiger partial charge in [0.15, 0.2) is 0 Å². The third-order valence-electron chi connectivity index (χ3n) is 4.48. The number of amides is 1. The van der Waals surface area contributed by atoms with E-state index in [2.05, 4.69) is 0 Å². The van der Waals surface area contributed by atoms with Crippen LogP contribution in [-0.4, -0.2) is 22.8 Å². The minimum Gasteiger partial charge on any atom is -0.496 e. The van der Waals surface area contributed by atoms with Crippen LogP contribution in [0.3, 0.4) is 0 Å². The van der Waals surface area contributed by atoms with E-state index in [1.807, 2.05) is 6.92 Å². The Balaban J connectivity index is 2.30. The van der Waals surface area contributed by atoms with Gasteiger partial charge in [-0.05, 0) is 36.6 Å². The molecule has 0 spiro atoms. The molecule has 7 heteroatoms. The maximum atomic E-state index is 14.6. The molecule has 0 fully saturated rings. The molecule has 0 saturated carbocycles. The van der Waals surface area contributed by atoms with Gasteiger partial charge in [0.1, 0.15) is 11.6 Å². The van der Waals surface area contributed by atoms with Gasteiger partial charge in [-0.25, -0.2) is 9.87 Å². The van der Waals surface area contributed by atoms with Gasteiger partial charge in [0.2, 0.25) is 5.91 Å². The topological polar surface area (TPSA) is 80.6 Å². The number of methoxy groups -OCH3 is 1.